The first kappa shape index (κ1) is 14.9. The second kappa shape index (κ2) is 6.83. The monoisotopic (exact) mass is 317 g/mol. The van der Waals surface area contributed by atoms with Gasteiger partial charge in [0.1, 0.15) is 12.4 Å². The largest absolute Gasteiger partial charge is 0.493 e. The summed E-state index contributed by atoms with van der Waals surface area (Å²) in [5, 5.41) is 1.03. The highest BCUT2D eigenvalue weighted by Gasteiger charge is 2.13. The van der Waals surface area contributed by atoms with Crippen molar-refractivity contribution in [3.63, 3.8) is 0 Å². The molecule has 114 valence electrons. The predicted octanol–water partition coefficient (Wildman–Crippen LogP) is 3.91. The van der Waals surface area contributed by atoms with E-state index in [4.69, 9.17) is 9.47 Å². The van der Waals surface area contributed by atoms with E-state index in [0.29, 0.717) is 17.1 Å². The van der Waals surface area contributed by atoms with Crippen molar-refractivity contribution >= 4 is 16.8 Å². The van der Waals surface area contributed by atoms with Crippen LogP contribution in [0.4, 0.5) is 4.39 Å². The summed E-state index contributed by atoms with van der Waals surface area (Å²) in [6.07, 6.45) is 0. The van der Waals surface area contributed by atoms with Crippen molar-refractivity contribution in [3.8, 4) is 11.5 Å². The number of benzene rings is 2. The van der Waals surface area contributed by atoms with E-state index in [1.165, 1.54) is 6.07 Å². The average molecular weight is 317 g/mol. The molecule has 22 heavy (non-hydrogen) atoms. The van der Waals surface area contributed by atoms with E-state index in [2.05, 4.69) is 4.99 Å². The fourth-order valence-corrected chi connectivity index (χ4v) is 3.05. The van der Waals surface area contributed by atoms with Crippen LogP contribution < -0.4 is 9.47 Å². The van der Waals surface area contributed by atoms with Crippen molar-refractivity contribution in [2.75, 3.05) is 19.4 Å². The molecule has 1 aliphatic rings. The van der Waals surface area contributed by atoms with Gasteiger partial charge in [0.05, 0.1) is 12.2 Å². The SMILES string of the molecule is COc1cc(C2=NCCS2)ccc1OCc1ccccc1F. The highest BCUT2D eigenvalue weighted by Crippen LogP contribution is 2.31. The van der Waals surface area contributed by atoms with Gasteiger partial charge in [-0.3, -0.25) is 4.99 Å². The van der Waals surface area contributed by atoms with Gasteiger partial charge in [0.25, 0.3) is 0 Å². The third-order valence-electron chi connectivity index (χ3n) is 3.34. The number of aliphatic imine (C=N–C) groups is 1. The summed E-state index contributed by atoms with van der Waals surface area (Å²) < 4.78 is 24.7. The Kier molecular flexibility index (Phi) is 4.63. The average Bonchev–Trinajstić information content (AvgIpc) is 3.08. The normalized spacial score (nSPS) is 13.8. The number of halogens is 1. The van der Waals surface area contributed by atoms with Crippen LogP contribution in [0.1, 0.15) is 11.1 Å². The van der Waals surface area contributed by atoms with Gasteiger partial charge < -0.3 is 9.47 Å². The summed E-state index contributed by atoms with van der Waals surface area (Å²) in [7, 11) is 1.60. The van der Waals surface area contributed by atoms with Crippen molar-refractivity contribution in [2.24, 2.45) is 4.99 Å². The molecule has 0 amide bonds. The number of ether oxygens (including phenoxy) is 2. The molecule has 1 heterocycles. The number of methoxy groups -OCH3 is 1. The van der Waals surface area contributed by atoms with E-state index in [0.717, 1.165) is 22.9 Å². The van der Waals surface area contributed by atoms with Crippen LogP contribution in [0.5, 0.6) is 11.5 Å². The van der Waals surface area contributed by atoms with Crippen LogP contribution in [0.2, 0.25) is 0 Å². The van der Waals surface area contributed by atoms with Gasteiger partial charge in [-0.2, -0.15) is 0 Å². The molecule has 0 radical (unpaired) electrons. The quantitative estimate of drug-likeness (QED) is 0.838. The molecule has 0 unspecified atom stereocenters. The standard InChI is InChI=1S/C17H16FNO2S/c1-20-16-10-12(17-19-8-9-22-17)6-7-15(16)21-11-13-4-2-3-5-14(13)18/h2-7,10H,8-9,11H2,1H3. The Morgan fingerprint density at radius 3 is 2.77 bits per heavy atom. The molecule has 0 bridgehead atoms. The van der Waals surface area contributed by atoms with Crippen molar-refractivity contribution in [2.45, 2.75) is 6.61 Å². The fraction of sp³-hybridized carbons (Fsp3) is 0.235. The zero-order valence-corrected chi connectivity index (χ0v) is 13.0. The van der Waals surface area contributed by atoms with E-state index in [1.54, 1.807) is 37.1 Å². The molecule has 0 saturated carbocycles. The van der Waals surface area contributed by atoms with Gasteiger partial charge in [-0.15, -0.1) is 11.8 Å². The summed E-state index contributed by atoms with van der Waals surface area (Å²) in [4.78, 5) is 4.45. The van der Waals surface area contributed by atoms with E-state index in [-0.39, 0.29) is 12.4 Å². The Balaban J connectivity index is 1.77. The molecule has 0 spiro atoms. The van der Waals surface area contributed by atoms with E-state index < -0.39 is 0 Å². The van der Waals surface area contributed by atoms with Crippen LogP contribution in [0.3, 0.4) is 0 Å². The zero-order chi connectivity index (χ0) is 15.4. The van der Waals surface area contributed by atoms with E-state index in [1.807, 2.05) is 18.2 Å². The second-order valence-corrected chi connectivity index (χ2v) is 5.86. The highest BCUT2D eigenvalue weighted by molar-refractivity contribution is 8.14. The molecule has 5 heteroatoms. The number of thioether (sulfide) groups is 1. The van der Waals surface area contributed by atoms with Crippen LogP contribution in [0.25, 0.3) is 0 Å². The summed E-state index contributed by atoms with van der Waals surface area (Å²) >= 11 is 1.74. The topological polar surface area (TPSA) is 30.8 Å². The third kappa shape index (κ3) is 3.25. The lowest BCUT2D eigenvalue weighted by atomic mass is 10.2. The Bertz CT molecular complexity index is 703. The molecule has 0 aromatic heterocycles. The molecular formula is C17H16FNO2S. The molecule has 0 atom stereocenters. The lowest BCUT2D eigenvalue weighted by Gasteiger charge is -2.12. The zero-order valence-electron chi connectivity index (χ0n) is 12.2. The van der Waals surface area contributed by atoms with Gasteiger partial charge in [-0.1, -0.05) is 18.2 Å². The molecule has 0 saturated heterocycles. The number of hydrogen-bond acceptors (Lipinski definition) is 4. The van der Waals surface area contributed by atoms with Crippen LogP contribution in [0, 0.1) is 5.82 Å². The van der Waals surface area contributed by atoms with Gasteiger partial charge in [0.15, 0.2) is 11.5 Å². The Morgan fingerprint density at radius 1 is 1.18 bits per heavy atom. The van der Waals surface area contributed by atoms with Gasteiger partial charge in [-0.25, -0.2) is 4.39 Å². The maximum absolute atomic E-state index is 13.6. The first-order valence-corrected chi connectivity index (χ1v) is 7.98. The minimum absolute atomic E-state index is 0.165. The second-order valence-electron chi connectivity index (χ2n) is 4.78. The molecule has 0 aliphatic carbocycles. The molecule has 0 fully saturated rings. The van der Waals surface area contributed by atoms with Crippen molar-refractivity contribution in [1.82, 2.24) is 0 Å². The smallest absolute Gasteiger partial charge is 0.161 e. The predicted molar refractivity (Wildman–Crippen MR) is 87.6 cm³/mol. The van der Waals surface area contributed by atoms with Gasteiger partial charge in [-0.05, 0) is 24.3 Å². The molecule has 0 N–H and O–H groups in total. The lowest BCUT2D eigenvalue weighted by Crippen LogP contribution is -2.01. The Hall–Kier alpha value is -2.01. The minimum Gasteiger partial charge on any atom is -0.493 e. The summed E-state index contributed by atoms with van der Waals surface area (Å²) in [5.41, 5.74) is 1.54. The Morgan fingerprint density at radius 2 is 2.05 bits per heavy atom. The van der Waals surface area contributed by atoms with E-state index in [9.17, 15) is 4.39 Å². The first-order chi connectivity index (χ1) is 10.8. The molecule has 2 aromatic carbocycles. The van der Waals surface area contributed by atoms with Crippen molar-refractivity contribution in [1.29, 1.82) is 0 Å². The van der Waals surface area contributed by atoms with Crippen molar-refractivity contribution < 1.29 is 13.9 Å². The molecular weight excluding hydrogens is 301 g/mol. The maximum Gasteiger partial charge on any atom is 0.161 e. The maximum atomic E-state index is 13.6. The van der Waals surface area contributed by atoms with Gasteiger partial charge >= 0.3 is 0 Å². The lowest BCUT2D eigenvalue weighted by molar-refractivity contribution is 0.279. The van der Waals surface area contributed by atoms with Crippen LogP contribution in [-0.4, -0.2) is 24.5 Å². The van der Waals surface area contributed by atoms with Crippen LogP contribution >= 0.6 is 11.8 Å². The third-order valence-corrected chi connectivity index (χ3v) is 4.36. The molecule has 2 aromatic rings. The number of nitrogens with zero attached hydrogens (tertiary/aromatic N) is 1. The number of rotatable bonds is 5. The fourth-order valence-electron chi connectivity index (χ4n) is 2.20. The summed E-state index contributed by atoms with van der Waals surface area (Å²) in [6.45, 7) is 1.02. The molecule has 1 aliphatic heterocycles. The Labute approximate surface area is 133 Å². The minimum atomic E-state index is -0.269. The van der Waals surface area contributed by atoms with E-state index >= 15 is 0 Å². The van der Waals surface area contributed by atoms with Crippen molar-refractivity contribution in [3.05, 3.63) is 59.4 Å². The van der Waals surface area contributed by atoms with Crippen LogP contribution in [-0.2, 0) is 6.61 Å². The summed E-state index contributed by atoms with van der Waals surface area (Å²) in [5.74, 6) is 1.97. The van der Waals surface area contributed by atoms with Crippen LogP contribution in [0.15, 0.2) is 47.5 Å². The van der Waals surface area contributed by atoms with Gasteiger partial charge in [0, 0.05) is 23.4 Å². The summed E-state index contributed by atoms with van der Waals surface area (Å²) in [6, 6.07) is 12.3. The molecule has 3 rings (SSSR count). The number of hydrogen-bond donors (Lipinski definition) is 0. The van der Waals surface area contributed by atoms with Gasteiger partial charge in [0.2, 0.25) is 0 Å². The first-order valence-electron chi connectivity index (χ1n) is 7.00. The molecule has 3 nitrogen and oxygen atoms in total. The highest BCUT2D eigenvalue weighted by atomic mass is 32.2.